The number of aryl methyl sites for hydroxylation is 1. The van der Waals surface area contributed by atoms with Gasteiger partial charge in [0.25, 0.3) is 0 Å². The molecule has 0 unspecified atom stereocenters. The zero-order chi connectivity index (χ0) is 9.84. The third kappa shape index (κ3) is 2.28. The van der Waals surface area contributed by atoms with Crippen molar-refractivity contribution < 1.29 is 9.53 Å². The lowest BCUT2D eigenvalue weighted by Gasteiger charge is -2.03. The smallest absolute Gasteiger partial charge is 0.213 e. The predicted octanol–water partition coefficient (Wildman–Crippen LogP) is 1.98. The van der Waals surface area contributed by atoms with Crippen LogP contribution in [-0.2, 0) is 0 Å². The highest BCUT2D eigenvalue weighted by Crippen LogP contribution is 2.13. The summed E-state index contributed by atoms with van der Waals surface area (Å²) < 4.78 is 4.93. The van der Waals surface area contributed by atoms with E-state index in [0.29, 0.717) is 22.5 Å². The maximum Gasteiger partial charge on any atom is 0.213 e. The van der Waals surface area contributed by atoms with Crippen molar-refractivity contribution in [1.29, 1.82) is 0 Å². The standard InChI is InChI=1S/C9H10BrNO2/c1-6-7(8(12)5-10)3-4-9(11-6)13-2/h3-4H,5H2,1-2H3. The number of halogens is 1. The van der Waals surface area contributed by atoms with Gasteiger partial charge >= 0.3 is 0 Å². The zero-order valence-corrected chi connectivity index (χ0v) is 9.09. The van der Waals surface area contributed by atoms with Gasteiger partial charge in [-0.1, -0.05) is 15.9 Å². The number of hydrogen-bond acceptors (Lipinski definition) is 3. The monoisotopic (exact) mass is 243 g/mol. The van der Waals surface area contributed by atoms with E-state index >= 15 is 0 Å². The first-order valence-corrected chi connectivity index (χ1v) is 4.92. The van der Waals surface area contributed by atoms with E-state index in [0.717, 1.165) is 0 Å². The van der Waals surface area contributed by atoms with Gasteiger partial charge in [-0.15, -0.1) is 0 Å². The molecule has 13 heavy (non-hydrogen) atoms. The molecule has 0 N–H and O–H groups in total. The number of ether oxygens (including phenoxy) is 1. The van der Waals surface area contributed by atoms with E-state index in [2.05, 4.69) is 20.9 Å². The second kappa shape index (κ2) is 4.37. The van der Waals surface area contributed by atoms with Crippen molar-refractivity contribution >= 4 is 21.7 Å². The van der Waals surface area contributed by atoms with Crippen molar-refractivity contribution in [2.24, 2.45) is 0 Å². The number of ketones is 1. The highest BCUT2D eigenvalue weighted by molar-refractivity contribution is 9.09. The SMILES string of the molecule is COc1ccc(C(=O)CBr)c(C)n1. The molecule has 70 valence electrons. The molecule has 0 aliphatic rings. The fourth-order valence-electron chi connectivity index (χ4n) is 1.02. The van der Waals surface area contributed by atoms with Crippen LogP contribution in [0.1, 0.15) is 16.1 Å². The Morgan fingerprint density at radius 3 is 2.77 bits per heavy atom. The van der Waals surface area contributed by atoms with Crippen LogP contribution >= 0.6 is 15.9 Å². The van der Waals surface area contributed by atoms with Crippen molar-refractivity contribution in [3.8, 4) is 5.88 Å². The predicted molar refractivity (Wildman–Crippen MR) is 53.7 cm³/mol. The molecule has 0 bridgehead atoms. The molecule has 0 amide bonds. The lowest BCUT2D eigenvalue weighted by Crippen LogP contribution is -2.04. The van der Waals surface area contributed by atoms with Gasteiger partial charge in [0, 0.05) is 11.6 Å². The van der Waals surface area contributed by atoms with Gasteiger partial charge in [0.1, 0.15) is 0 Å². The molecule has 4 heteroatoms. The van der Waals surface area contributed by atoms with Gasteiger partial charge in [-0.3, -0.25) is 4.79 Å². The Balaban J connectivity index is 3.05. The molecular weight excluding hydrogens is 234 g/mol. The number of Topliss-reactive ketones (excluding diaryl/α,β-unsaturated/α-hetero) is 1. The summed E-state index contributed by atoms with van der Waals surface area (Å²) in [4.78, 5) is 15.4. The molecule has 3 nitrogen and oxygen atoms in total. The van der Waals surface area contributed by atoms with Gasteiger partial charge < -0.3 is 4.74 Å². The molecule has 0 aliphatic heterocycles. The van der Waals surface area contributed by atoms with Crippen LogP contribution in [0.4, 0.5) is 0 Å². The van der Waals surface area contributed by atoms with Crippen molar-refractivity contribution in [3.05, 3.63) is 23.4 Å². The average molecular weight is 244 g/mol. The average Bonchev–Trinajstić information content (AvgIpc) is 2.16. The Hall–Kier alpha value is -0.900. The normalized spacial score (nSPS) is 9.77. The maximum atomic E-state index is 11.3. The van der Waals surface area contributed by atoms with Crippen LogP contribution in [0.15, 0.2) is 12.1 Å². The lowest BCUT2D eigenvalue weighted by molar-refractivity contribution is 0.102. The van der Waals surface area contributed by atoms with E-state index in [1.54, 1.807) is 26.2 Å². The van der Waals surface area contributed by atoms with E-state index in [9.17, 15) is 4.79 Å². The first kappa shape index (κ1) is 10.2. The minimum Gasteiger partial charge on any atom is -0.481 e. The number of pyridine rings is 1. The molecule has 0 aromatic carbocycles. The van der Waals surface area contributed by atoms with Crippen molar-refractivity contribution in [1.82, 2.24) is 4.98 Å². The fourth-order valence-corrected chi connectivity index (χ4v) is 1.32. The Labute approximate surface area is 85.3 Å². The lowest BCUT2D eigenvalue weighted by atomic mass is 10.1. The van der Waals surface area contributed by atoms with E-state index in [-0.39, 0.29) is 5.78 Å². The fraction of sp³-hybridized carbons (Fsp3) is 0.333. The maximum absolute atomic E-state index is 11.3. The number of carbonyl (C=O) groups is 1. The molecule has 1 heterocycles. The van der Waals surface area contributed by atoms with E-state index < -0.39 is 0 Å². The highest BCUT2D eigenvalue weighted by Gasteiger charge is 2.08. The van der Waals surface area contributed by atoms with E-state index in [4.69, 9.17) is 4.74 Å². The van der Waals surface area contributed by atoms with Gasteiger partial charge in [-0.2, -0.15) is 0 Å². The summed E-state index contributed by atoms with van der Waals surface area (Å²) in [6.45, 7) is 1.79. The van der Waals surface area contributed by atoms with Gasteiger partial charge in [-0.05, 0) is 13.0 Å². The Morgan fingerprint density at radius 1 is 1.62 bits per heavy atom. The number of nitrogens with zero attached hydrogens (tertiary/aromatic N) is 1. The minimum atomic E-state index is 0.0349. The van der Waals surface area contributed by atoms with Crippen LogP contribution in [0, 0.1) is 6.92 Å². The molecule has 0 aliphatic carbocycles. The molecular formula is C9H10BrNO2. The minimum absolute atomic E-state index is 0.0349. The number of hydrogen-bond donors (Lipinski definition) is 0. The number of aromatic nitrogens is 1. The molecule has 0 radical (unpaired) electrons. The molecule has 1 rings (SSSR count). The topological polar surface area (TPSA) is 39.2 Å². The molecule has 0 spiro atoms. The summed E-state index contributed by atoms with van der Waals surface area (Å²) in [6, 6.07) is 3.41. The van der Waals surface area contributed by atoms with Crippen LogP contribution in [0.5, 0.6) is 5.88 Å². The second-order valence-electron chi connectivity index (χ2n) is 2.54. The van der Waals surface area contributed by atoms with Crippen molar-refractivity contribution in [2.75, 3.05) is 12.4 Å². The summed E-state index contributed by atoms with van der Waals surface area (Å²) in [5.74, 6) is 0.566. The van der Waals surface area contributed by atoms with Crippen molar-refractivity contribution in [3.63, 3.8) is 0 Å². The Bertz CT molecular complexity index is 325. The molecule has 0 fully saturated rings. The van der Waals surface area contributed by atoms with Crippen LogP contribution < -0.4 is 4.74 Å². The molecule has 0 saturated heterocycles. The third-order valence-corrected chi connectivity index (χ3v) is 2.20. The third-order valence-electron chi connectivity index (χ3n) is 1.69. The summed E-state index contributed by atoms with van der Waals surface area (Å²) in [6.07, 6.45) is 0. The number of rotatable bonds is 3. The number of alkyl halides is 1. The number of methoxy groups -OCH3 is 1. The van der Waals surface area contributed by atoms with Crippen LogP contribution in [0.3, 0.4) is 0 Å². The number of carbonyl (C=O) groups excluding carboxylic acids is 1. The van der Waals surface area contributed by atoms with Gasteiger partial charge in [0.15, 0.2) is 5.78 Å². The molecule has 1 aromatic rings. The summed E-state index contributed by atoms with van der Waals surface area (Å²) in [5.41, 5.74) is 1.33. The van der Waals surface area contributed by atoms with Gasteiger partial charge in [0.05, 0.1) is 18.1 Å². The van der Waals surface area contributed by atoms with E-state index in [1.165, 1.54) is 0 Å². The summed E-state index contributed by atoms with van der Waals surface area (Å²) in [5, 5.41) is 0.321. The quantitative estimate of drug-likeness (QED) is 0.602. The highest BCUT2D eigenvalue weighted by atomic mass is 79.9. The second-order valence-corrected chi connectivity index (χ2v) is 3.10. The van der Waals surface area contributed by atoms with Crippen molar-refractivity contribution in [2.45, 2.75) is 6.92 Å². The molecule has 0 atom stereocenters. The van der Waals surface area contributed by atoms with Crippen LogP contribution in [-0.4, -0.2) is 23.2 Å². The Morgan fingerprint density at radius 2 is 2.31 bits per heavy atom. The van der Waals surface area contributed by atoms with Crippen LogP contribution in [0.25, 0.3) is 0 Å². The van der Waals surface area contributed by atoms with E-state index in [1.807, 2.05) is 0 Å². The first-order valence-electron chi connectivity index (χ1n) is 3.80. The zero-order valence-electron chi connectivity index (χ0n) is 7.50. The first-order chi connectivity index (χ1) is 6.19. The summed E-state index contributed by atoms with van der Waals surface area (Å²) >= 11 is 3.11. The van der Waals surface area contributed by atoms with Crippen LogP contribution in [0.2, 0.25) is 0 Å². The van der Waals surface area contributed by atoms with Gasteiger partial charge in [-0.25, -0.2) is 4.98 Å². The largest absolute Gasteiger partial charge is 0.481 e. The van der Waals surface area contributed by atoms with Gasteiger partial charge in [0.2, 0.25) is 5.88 Å². The summed E-state index contributed by atoms with van der Waals surface area (Å²) in [7, 11) is 1.55. The molecule has 0 saturated carbocycles. The molecule has 1 aromatic heterocycles. The Kier molecular flexibility index (Phi) is 3.42.